The maximum absolute atomic E-state index is 12.5. The smallest absolute Gasteiger partial charge is 0.338 e. The van der Waals surface area contributed by atoms with Gasteiger partial charge in [0.1, 0.15) is 0 Å². The molecule has 0 unspecified atom stereocenters. The van der Waals surface area contributed by atoms with Crippen LogP contribution >= 0.6 is 0 Å². The van der Waals surface area contributed by atoms with Gasteiger partial charge in [-0.3, -0.25) is 4.79 Å². The predicted octanol–water partition coefficient (Wildman–Crippen LogP) is 3.01. The maximum Gasteiger partial charge on any atom is 0.338 e. The van der Waals surface area contributed by atoms with Gasteiger partial charge in [-0.2, -0.15) is 0 Å². The largest absolute Gasteiger partial charge is 0.462 e. The maximum atomic E-state index is 12.5. The predicted molar refractivity (Wildman–Crippen MR) is 83.8 cm³/mol. The summed E-state index contributed by atoms with van der Waals surface area (Å²) in [6.07, 6.45) is 1.85. The molecule has 0 bridgehead atoms. The van der Waals surface area contributed by atoms with E-state index in [1.165, 1.54) is 4.57 Å². The Morgan fingerprint density at radius 3 is 2.52 bits per heavy atom. The first-order valence-corrected chi connectivity index (χ1v) is 7.07. The van der Waals surface area contributed by atoms with Gasteiger partial charge in [-0.1, -0.05) is 32.9 Å². The van der Waals surface area contributed by atoms with Gasteiger partial charge in [-0.15, -0.1) is 0 Å². The second-order valence-electron chi connectivity index (χ2n) is 6.16. The summed E-state index contributed by atoms with van der Waals surface area (Å²) in [6.45, 7) is 8.30. The molecular weight excluding hydrogens is 266 g/mol. The van der Waals surface area contributed by atoms with Crippen LogP contribution in [0.2, 0.25) is 0 Å². The number of hydrogen-bond donors (Lipinski definition) is 0. The molecule has 1 heterocycles. The van der Waals surface area contributed by atoms with Crippen LogP contribution in [0.1, 0.15) is 43.6 Å². The van der Waals surface area contributed by atoms with Gasteiger partial charge in [0.05, 0.1) is 17.6 Å². The number of nitrogens with zero attached hydrogens (tertiary/aromatic N) is 1. The average Bonchev–Trinajstić information content (AvgIpc) is 2.41. The highest BCUT2D eigenvalue weighted by molar-refractivity contribution is 6.05. The Morgan fingerprint density at radius 1 is 1.29 bits per heavy atom. The number of esters is 1. The lowest BCUT2D eigenvalue weighted by atomic mass is 9.84. The van der Waals surface area contributed by atoms with Crippen LogP contribution in [0.15, 0.2) is 29.2 Å². The van der Waals surface area contributed by atoms with Gasteiger partial charge >= 0.3 is 5.97 Å². The fraction of sp³-hybridized carbons (Fsp3) is 0.412. The van der Waals surface area contributed by atoms with Crippen LogP contribution in [0.4, 0.5) is 0 Å². The van der Waals surface area contributed by atoms with E-state index < -0.39 is 5.97 Å². The SMILES string of the molecule is CCOC(=O)c1cccc2c(C(C)(C)C)cn(C)c(=O)c12. The molecule has 0 aliphatic rings. The van der Waals surface area contributed by atoms with E-state index in [-0.39, 0.29) is 17.6 Å². The van der Waals surface area contributed by atoms with E-state index in [4.69, 9.17) is 4.74 Å². The van der Waals surface area contributed by atoms with Gasteiger partial charge in [0.15, 0.2) is 0 Å². The zero-order valence-corrected chi connectivity index (χ0v) is 13.2. The van der Waals surface area contributed by atoms with Crippen molar-refractivity contribution in [1.29, 1.82) is 0 Å². The molecule has 0 radical (unpaired) electrons. The van der Waals surface area contributed by atoms with E-state index in [1.54, 1.807) is 26.1 Å². The van der Waals surface area contributed by atoms with E-state index >= 15 is 0 Å². The van der Waals surface area contributed by atoms with E-state index in [9.17, 15) is 9.59 Å². The minimum atomic E-state index is -0.453. The van der Waals surface area contributed by atoms with E-state index in [1.807, 2.05) is 12.3 Å². The van der Waals surface area contributed by atoms with E-state index in [0.717, 1.165) is 10.9 Å². The number of ether oxygens (including phenoxy) is 1. The van der Waals surface area contributed by atoms with Crippen molar-refractivity contribution in [2.24, 2.45) is 7.05 Å². The van der Waals surface area contributed by atoms with Crippen molar-refractivity contribution in [2.75, 3.05) is 6.61 Å². The number of carbonyl (C=O) groups excluding carboxylic acids is 1. The Balaban J connectivity index is 2.90. The molecule has 1 aromatic heterocycles. The molecule has 0 spiro atoms. The summed E-state index contributed by atoms with van der Waals surface area (Å²) in [4.78, 5) is 24.6. The zero-order chi connectivity index (χ0) is 15.8. The van der Waals surface area contributed by atoms with Crippen LogP contribution in [0, 0.1) is 0 Å². The Kier molecular flexibility index (Phi) is 3.90. The molecule has 0 N–H and O–H groups in total. The summed E-state index contributed by atoms with van der Waals surface area (Å²) in [7, 11) is 1.71. The molecular formula is C17H21NO3. The third-order valence-corrected chi connectivity index (χ3v) is 3.51. The van der Waals surface area contributed by atoms with Gasteiger partial charge in [0.2, 0.25) is 0 Å². The summed E-state index contributed by atoms with van der Waals surface area (Å²) in [5, 5.41) is 1.25. The minimum absolute atomic E-state index is 0.128. The van der Waals surface area contributed by atoms with Crippen molar-refractivity contribution in [3.8, 4) is 0 Å². The van der Waals surface area contributed by atoms with Crippen molar-refractivity contribution in [3.63, 3.8) is 0 Å². The second kappa shape index (κ2) is 5.35. The topological polar surface area (TPSA) is 48.3 Å². The number of benzene rings is 1. The van der Waals surface area contributed by atoms with Crippen LogP contribution in [0.25, 0.3) is 10.8 Å². The lowest BCUT2D eigenvalue weighted by molar-refractivity contribution is 0.0528. The molecule has 0 atom stereocenters. The summed E-state index contributed by atoms with van der Waals surface area (Å²) in [5.41, 5.74) is 1.06. The van der Waals surface area contributed by atoms with E-state index in [0.29, 0.717) is 10.9 Å². The first-order valence-electron chi connectivity index (χ1n) is 7.07. The highest BCUT2D eigenvalue weighted by Crippen LogP contribution is 2.29. The number of hydrogen-bond acceptors (Lipinski definition) is 3. The first kappa shape index (κ1) is 15.3. The minimum Gasteiger partial charge on any atom is -0.462 e. The molecule has 4 nitrogen and oxygen atoms in total. The molecule has 0 aliphatic heterocycles. The molecule has 0 fully saturated rings. The Labute approximate surface area is 124 Å². The monoisotopic (exact) mass is 287 g/mol. The van der Waals surface area contributed by atoms with Crippen LogP contribution in [0.5, 0.6) is 0 Å². The molecule has 0 saturated carbocycles. The number of rotatable bonds is 2. The quantitative estimate of drug-likeness (QED) is 0.798. The van der Waals surface area contributed by atoms with Crippen molar-refractivity contribution in [1.82, 2.24) is 4.57 Å². The van der Waals surface area contributed by atoms with Crippen LogP contribution in [0.3, 0.4) is 0 Å². The molecule has 0 aliphatic carbocycles. The molecule has 0 amide bonds. The fourth-order valence-corrected chi connectivity index (χ4v) is 2.48. The number of carbonyl (C=O) groups is 1. The van der Waals surface area contributed by atoms with Gasteiger partial charge < -0.3 is 9.30 Å². The fourth-order valence-electron chi connectivity index (χ4n) is 2.48. The van der Waals surface area contributed by atoms with E-state index in [2.05, 4.69) is 20.8 Å². The number of pyridine rings is 1. The van der Waals surface area contributed by atoms with Crippen molar-refractivity contribution in [2.45, 2.75) is 33.1 Å². The molecule has 21 heavy (non-hydrogen) atoms. The van der Waals surface area contributed by atoms with Crippen molar-refractivity contribution >= 4 is 16.7 Å². The molecule has 4 heteroatoms. The van der Waals surface area contributed by atoms with Crippen LogP contribution < -0.4 is 5.56 Å². The molecule has 2 aromatic rings. The molecule has 0 saturated heterocycles. The normalized spacial score (nSPS) is 11.7. The lowest BCUT2D eigenvalue weighted by Gasteiger charge is -2.22. The molecule has 2 rings (SSSR count). The van der Waals surface area contributed by atoms with Crippen LogP contribution in [-0.2, 0) is 17.2 Å². The molecule has 112 valence electrons. The lowest BCUT2D eigenvalue weighted by Crippen LogP contribution is -2.24. The highest BCUT2D eigenvalue weighted by atomic mass is 16.5. The standard InChI is InChI=1S/C17H21NO3/c1-6-21-16(20)12-9-7-8-11-13(17(2,3)4)10-18(5)15(19)14(11)12/h7-10H,6H2,1-5H3. The van der Waals surface area contributed by atoms with Crippen LogP contribution in [-0.4, -0.2) is 17.1 Å². The number of aromatic nitrogens is 1. The van der Waals surface area contributed by atoms with Crippen molar-refractivity contribution < 1.29 is 9.53 Å². The van der Waals surface area contributed by atoms with Gasteiger partial charge in [0.25, 0.3) is 5.56 Å². The Bertz CT molecular complexity index is 751. The average molecular weight is 287 g/mol. The Morgan fingerprint density at radius 2 is 1.95 bits per heavy atom. The number of fused-ring (bicyclic) bond motifs is 1. The van der Waals surface area contributed by atoms with Gasteiger partial charge in [0, 0.05) is 13.2 Å². The van der Waals surface area contributed by atoms with Gasteiger partial charge in [-0.05, 0) is 29.4 Å². The van der Waals surface area contributed by atoms with Crippen molar-refractivity contribution in [3.05, 3.63) is 45.9 Å². The molecule has 1 aromatic carbocycles. The first-order chi connectivity index (χ1) is 9.77. The summed E-state index contributed by atoms with van der Waals surface area (Å²) in [5.74, 6) is -0.453. The third kappa shape index (κ3) is 2.71. The third-order valence-electron chi connectivity index (χ3n) is 3.51. The summed E-state index contributed by atoms with van der Waals surface area (Å²) in [6, 6.07) is 5.33. The van der Waals surface area contributed by atoms with Gasteiger partial charge in [-0.25, -0.2) is 4.79 Å². The summed E-state index contributed by atoms with van der Waals surface area (Å²) < 4.78 is 6.60. The summed E-state index contributed by atoms with van der Waals surface area (Å²) >= 11 is 0. The highest BCUT2D eigenvalue weighted by Gasteiger charge is 2.22. The second-order valence-corrected chi connectivity index (χ2v) is 6.16. The zero-order valence-electron chi connectivity index (χ0n) is 13.2. The number of aryl methyl sites for hydroxylation is 1. The Hall–Kier alpha value is -2.10.